The molecule has 0 spiro atoms. The highest BCUT2D eigenvalue weighted by Gasteiger charge is 2.20. The molecule has 0 bridgehead atoms. The van der Waals surface area contributed by atoms with Gasteiger partial charge in [0.15, 0.2) is 0 Å². The van der Waals surface area contributed by atoms with Crippen LogP contribution >= 0.6 is 0 Å². The molecule has 0 saturated heterocycles. The van der Waals surface area contributed by atoms with Crippen LogP contribution in [0.1, 0.15) is 62.0 Å². The van der Waals surface area contributed by atoms with E-state index in [-0.39, 0.29) is 12.2 Å². The van der Waals surface area contributed by atoms with Crippen LogP contribution in [0.4, 0.5) is 4.79 Å². The molecule has 1 unspecified atom stereocenters. The normalized spacial score (nSPS) is 12.1. The van der Waals surface area contributed by atoms with E-state index < -0.39 is 0 Å². The second-order valence-corrected chi connectivity index (χ2v) is 5.85. The van der Waals surface area contributed by atoms with Crippen LogP contribution in [0.15, 0.2) is 12.1 Å². The number of carbonyl (C=O) groups excluding carboxylic acids is 1. The zero-order valence-electron chi connectivity index (χ0n) is 14.3. The lowest BCUT2D eigenvalue weighted by atomic mass is 9.89. The summed E-state index contributed by atoms with van der Waals surface area (Å²) in [6, 6.07) is 4.38. The van der Waals surface area contributed by atoms with Gasteiger partial charge in [-0.1, -0.05) is 38.8 Å². The molecule has 0 radical (unpaired) electrons. The SMILES string of the molecule is CCCc1ccc(C)c(CCC)c1C(C)OC(=O)N(C)C. The molecular weight excluding hydrogens is 262 g/mol. The summed E-state index contributed by atoms with van der Waals surface area (Å²) in [7, 11) is 3.43. The Hall–Kier alpha value is -1.51. The van der Waals surface area contributed by atoms with Crippen molar-refractivity contribution < 1.29 is 9.53 Å². The first-order valence-corrected chi connectivity index (χ1v) is 7.91. The van der Waals surface area contributed by atoms with E-state index in [1.807, 2.05) is 6.92 Å². The molecule has 0 aliphatic rings. The van der Waals surface area contributed by atoms with Gasteiger partial charge in [0, 0.05) is 14.1 Å². The molecule has 0 saturated carbocycles. The molecule has 0 N–H and O–H groups in total. The summed E-state index contributed by atoms with van der Waals surface area (Å²) >= 11 is 0. The monoisotopic (exact) mass is 291 g/mol. The molecule has 0 aliphatic heterocycles. The van der Waals surface area contributed by atoms with Gasteiger partial charge in [-0.05, 0) is 48.9 Å². The van der Waals surface area contributed by atoms with Gasteiger partial charge in [-0.25, -0.2) is 4.79 Å². The second kappa shape index (κ2) is 8.06. The fraction of sp³-hybridized carbons (Fsp3) is 0.611. The largest absolute Gasteiger partial charge is 0.442 e. The lowest BCUT2D eigenvalue weighted by Crippen LogP contribution is -2.24. The molecule has 0 heterocycles. The van der Waals surface area contributed by atoms with Crippen molar-refractivity contribution in [2.45, 2.75) is 59.5 Å². The minimum absolute atomic E-state index is 0.206. The van der Waals surface area contributed by atoms with E-state index in [4.69, 9.17) is 4.74 Å². The highest BCUT2D eigenvalue weighted by molar-refractivity contribution is 5.67. The molecule has 0 aliphatic carbocycles. The van der Waals surface area contributed by atoms with Crippen molar-refractivity contribution in [3.63, 3.8) is 0 Å². The van der Waals surface area contributed by atoms with Gasteiger partial charge in [0.25, 0.3) is 0 Å². The number of aryl methyl sites for hydroxylation is 2. The highest BCUT2D eigenvalue weighted by atomic mass is 16.6. The number of rotatable bonds is 6. The number of nitrogens with zero attached hydrogens (tertiary/aromatic N) is 1. The molecule has 1 atom stereocenters. The summed E-state index contributed by atoms with van der Waals surface area (Å²) < 4.78 is 5.61. The van der Waals surface area contributed by atoms with E-state index in [2.05, 4.69) is 32.9 Å². The average Bonchev–Trinajstić information content (AvgIpc) is 2.42. The van der Waals surface area contributed by atoms with Gasteiger partial charge < -0.3 is 9.64 Å². The predicted octanol–water partition coefficient (Wildman–Crippen LogP) is 4.66. The van der Waals surface area contributed by atoms with Gasteiger partial charge in [0.1, 0.15) is 6.10 Å². The van der Waals surface area contributed by atoms with Crippen LogP contribution < -0.4 is 0 Å². The quantitative estimate of drug-likeness (QED) is 0.763. The summed E-state index contributed by atoms with van der Waals surface area (Å²) in [5.74, 6) is 0. The van der Waals surface area contributed by atoms with E-state index in [1.54, 1.807) is 14.1 Å². The van der Waals surface area contributed by atoms with Gasteiger partial charge in [-0.3, -0.25) is 0 Å². The lowest BCUT2D eigenvalue weighted by molar-refractivity contribution is 0.0818. The Labute approximate surface area is 129 Å². The highest BCUT2D eigenvalue weighted by Crippen LogP contribution is 2.30. The maximum atomic E-state index is 11.9. The Morgan fingerprint density at radius 2 is 1.81 bits per heavy atom. The molecule has 1 aromatic rings. The van der Waals surface area contributed by atoms with Crippen LogP contribution in [0.3, 0.4) is 0 Å². The number of hydrogen-bond donors (Lipinski definition) is 0. The summed E-state index contributed by atoms with van der Waals surface area (Å²) in [5.41, 5.74) is 5.17. The maximum Gasteiger partial charge on any atom is 0.409 e. The fourth-order valence-corrected chi connectivity index (χ4v) is 2.71. The summed E-state index contributed by atoms with van der Waals surface area (Å²) in [5, 5.41) is 0. The second-order valence-electron chi connectivity index (χ2n) is 5.85. The first kappa shape index (κ1) is 17.5. The third-order valence-electron chi connectivity index (χ3n) is 3.75. The van der Waals surface area contributed by atoms with Gasteiger partial charge in [-0.2, -0.15) is 0 Å². The molecule has 1 rings (SSSR count). The van der Waals surface area contributed by atoms with E-state index in [0.717, 1.165) is 25.7 Å². The standard InChI is InChI=1S/C18H29NO2/c1-7-9-15-12-11-13(3)16(10-8-2)17(15)14(4)21-18(20)19(5)6/h11-12,14H,7-10H2,1-6H3. The van der Waals surface area contributed by atoms with Crippen molar-refractivity contribution in [3.8, 4) is 0 Å². The Morgan fingerprint density at radius 3 is 2.33 bits per heavy atom. The van der Waals surface area contributed by atoms with Crippen LogP contribution in [-0.4, -0.2) is 25.1 Å². The predicted molar refractivity (Wildman–Crippen MR) is 87.8 cm³/mol. The lowest BCUT2D eigenvalue weighted by Gasteiger charge is -2.24. The molecule has 1 aromatic carbocycles. The maximum absolute atomic E-state index is 11.9. The van der Waals surface area contributed by atoms with E-state index in [9.17, 15) is 4.79 Å². The summed E-state index contributed by atoms with van der Waals surface area (Å²) in [4.78, 5) is 13.3. The first-order valence-electron chi connectivity index (χ1n) is 7.91. The number of benzene rings is 1. The number of amides is 1. The molecule has 3 heteroatoms. The van der Waals surface area contributed by atoms with Gasteiger partial charge in [0.05, 0.1) is 0 Å². The van der Waals surface area contributed by atoms with E-state index in [0.29, 0.717) is 0 Å². The Balaban J connectivity index is 3.21. The van der Waals surface area contributed by atoms with E-state index in [1.165, 1.54) is 27.2 Å². The number of hydrogen-bond acceptors (Lipinski definition) is 2. The zero-order valence-corrected chi connectivity index (χ0v) is 14.3. The van der Waals surface area contributed by atoms with Crippen molar-refractivity contribution in [3.05, 3.63) is 34.4 Å². The van der Waals surface area contributed by atoms with Crippen molar-refractivity contribution >= 4 is 6.09 Å². The van der Waals surface area contributed by atoms with Crippen LogP contribution in [0, 0.1) is 6.92 Å². The molecule has 1 amide bonds. The third-order valence-corrected chi connectivity index (χ3v) is 3.75. The summed E-state index contributed by atoms with van der Waals surface area (Å²) in [6.45, 7) is 8.49. The molecule has 21 heavy (non-hydrogen) atoms. The van der Waals surface area contributed by atoms with Crippen molar-refractivity contribution in [2.24, 2.45) is 0 Å². The molecule has 0 aromatic heterocycles. The number of carbonyl (C=O) groups is 1. The molecule has 118 valence electrons. The number of ether oxygens (including phenoxy) is 1. The van der Waals surface area contributed by atoms with Crippen LogP contribution in [-0.2, 0) is 17.6 Å². The average molecular weight is 291 g/mol. The van der Waals surface area contributed by atoms with Crippen LogP contribution in [0.2, 0.25) is 0 Å². The Bertz CT molecular complexity index is 480. The van der Waals surface area contributed by atoms with E-state index >= 15 is 0 Å². The van der Waals surface area contributed by atoms with Crippen molar-refractivity contribution in [1.29, 1.82) is 0 Å². The van der Waals surface area contributed by atoms with Crippen molar-refractivity contribution in [1.82, 2.24) is 4.90 Å². The summed E-state index contributed by atoms with van der Waals surface area (Å²) in [6.07, 6.45) is 3.75. The molecular formula is C18H29NO2. The molecule has 3 nitrogen and oxygen atoms in total. The first-order chi connectivity index (χ1) is 9.92. The van der Waals surface area contributed by atoms with Crippen LogP contribution in [0.5, 0.6) is 0 Å². The fourth-order valence-electron chi connectivity index (χ4n) is 2.71. The minimum atomic E-state index is -0.283. The third kappa shape index (κ3) is 4.48. The van der Waals surface area contributed by atoms with Gasteiger partial charge >= 0.3 is 6.09 Å². The topological polar surface area (TPSA) is 29.5 Å². The Morgan fingerprint density at radius 1 is 1.19 bits per heavy atom. The van der Waals surface area contributed by atoms with Gasteiger partial charge in [-0.15, -0.1) is 0 Å². The van der Waals surface area contributed by atoms with Crippen LogP contribution in [0.25, 0.3) is 0 Å². The van der Waals surface area contributed by atoms with Gasteiger partial charge in [0.2, 0.25) is 0 Å². The Kier molecular flexibility index (Phi) is 6.73. The zero-order chi connectivity index (χ0) is 16.0. The smallest absolute Gasteiger partial charge is 0.409 e. The van der Waals surface area contributed by atoms with Crippen molar-refractivity contribution in [2.75, 3.05) is 14.1 Å². The minimum Gasteiger partial charge on any atom is -0.442 e. The molecule has 0 fully saturated rings.